The monoisotopic (exact) mass is 291 g/mol. The molecule has 1 aromatic carbocycles. The van der Waals surface area contributed by atoms with Crippen molar-refractivity contribution in [2.75, 3.05) is 11.4 Å². The van der Waals surface area contributed by atoms with E-state index in [1.807, 2.05) is 31.2 Å². The first-order chi connectivity index (χ1) is 10.0. The maximum Gasteiger partial charge on any atom is 0.242 e. The van der Waals surface area contributed by atoms with Crippen LogP contribution in [0.3, 0.4) is 0 Å². The fraction of sp³-hybridized carbons (Fsp3) is 0.588. The van der Waals surface area contributed by atoms with Gasteiger partial charge in [-0.25, -0.2) is 0 Å². The molecular formula is C17H29N3O. The van der Waals surface area contributed by atoms with Gasteiger partial charge in [0.25, 0.3) is 0 Å². The minimum atomic E-state index is -0.182. The number of hydrogen-bond acceptors (Lipinski definition) is 3. The number of carbonyl (C=O) groups excluding carboxylic acids is 1. The number of amides is 1. The normalized spacial score (nSPS) is 13.6. The third-order valence-electron chi connectivity index (χ3n) is 3.80. The smallest absolute Gasteiger partial charge is 0.242 e. The van der Waals surface area contributed by atoms with Gasteiger partial charge in [-0.05, 0) is 44.9 Å². The number of hydrogen-bond donors (Lipinski definition) is 2. The van der Waals surface area contributed by atoms with Crippen LogP contribution >= 0.6 is 0 Å². The van der Waals surface area contributed by atoms with Crippen molar-refractivity contribution in [2.24, 2.45) is 5.73 Å². The largest absolute Gasteiger partial charge is 0.360 e. The van der Waals surface area contributed by atoms with E-state index in [0.717, 1.165) is 30.6 Å². The van der Waals surface area contributed by atoms with Crippen LogP contribution in [0.1, 0.15) is 46.1 Å². The molecule has 0 heterocycles. The maximum absolute atomic E-state index is 12.4. The minimum Gasteiger partial charge on any atom is -0.360 e. The van der Waals surface area contributed by atoms with E-state index in [9.17, 15) is 4.79 Å². The Kier molecular flexibility index (Phi) is 7.23. The summed E-state index contributed by atoms with van der Waals surface area (Å²) in [5, 5.41) is 3.09. The van der Waals surface area contributed by atoms with E-state index in [-0.39, 0.29) is 18.0 Å². The van der Waals surface area contributed by atoms with Crippen LogP contribution in [0.5, 0.6) is 0 Å². The zero-order valence-electron chi connectivity index (χ0n) is 13.7. The molecule has 1 aromatic rings. The van der Waals surface area contributed by atoms with E-state index < -0.39 is 0 Å². The number of carbonyl (C=O) groups is 1. The van der Waals surface area contributed by atoms with Gasteiger partial charge >= 0.3 is 0 Å². The fourth-order valence-electron chi connectivity index (χ4n) is 2.51. The molecule has 2 atom stereocenters. The van der Waals surface area contributed by atoms with Crippen molar-refractivity contribution in [1.82, 2.24) is 5.32 Å². The highest BCUT2D eigenvalue weighted by atomic mass is 16.2. The third kappa shape index (κ3) is 5.05. The van der Waals surface area contributed by atoms with Gasteiger partial charge in [-0.2, -0.15) is 0 Å². The molecule has 0 radical (unpaired) electrons. The molecule has 1 amide bonds. The van der Waals surface area contributed by atoms with Gasteiger partial charge in [-0.15, -0.1) is 0 Å². The van der Waals surface area contributed by atoms with Crippen LogP contribution in [0.25, 0.3) is 0 Å². The molecule has 118 valence electrons. The van der Waals surface area contributed by atoms with Gasteiger partial charge in [0.15, 0.2) is 0 Å². The summed E-state index contributed by atoms with van der Waals surface area (Å²) in [5.41, 5.74) is 7.78. The van der Waals surface area contributed by atoms with Crippen LogP contribution in [-0.2, 0) is 11.3 Å². The predicted octanol–water partition coefficient (Wildman–Crippen LogP) is 2.66. The Hall–Kier alpha value is -1.55. The highest BCUT2D eigenvalue weighted by molar-refractivity contribution is 5.85. The lowest BCUT2D eigenvalue weighted by atomic mass is 10.1. The molecule has 3 N–H and O–H groups in total. The molecule has 4 heteroatoms. The zero-order chi connectivity index (χ0) is 15.8. The van der Waals surface area contributed by atoms with Gasteiger partial charge in [-0.1, -0.05) is 25.5 Å². The van der Waals surface area contributed by atoms with E-state index in [0.29, 0.717) is 6.54 Å². The number of nitrogens with two attached hydrogens (primary N) is 1. The summed E-state index contributed by atoms with van der Waals surface area (Å²) in [6.07, 6.45) is 2.09. The Morgan fingerprint density at radius 3 is 2.33 bits per heavy atom. The predicted molar refractivity (Wildman–Crippen MR) is 89.3 cm³/mol. The highest BCUT2D eigenvalue weighted by Crippen LogP contribution is 2.18. The van der Waals surface area contributed by atoms with E-state index >= 15 is 0 Å². The fourth-order valence-corrected chi connectivity index (χ4v) is 2.51. The number of nitrogens with one attached hydrogen (secondary N) is 1. The quantitative estimate of drug-likeness (QED) is 0.774. The van der Waals surface area contributed by atoms with Crippen LogP contribution in [0.2, 0.25) is 0 Å². The Labute approximate surface area is 128 Å². The third-order valence-corrected chi connectivity index (χ3v) is 3.80. The molecule has 0 aliphatic rings. The van der Waals surface area contributed by atoms with Crippen LogP contribution < -0.4 is 16.0 Å². The lowest BCUT2D eigenvalue weighted by Crippen LogP contribution is -2.47. The maximum atomic E-state index is 12.4. The summed E-state index contributed by atoms with van der Waals surface area (Å²) in [5.74, 6) is 0.0840. The van der Waals surface area contributed by atoms with Crippen molar-refractivity contribution >= 4 is 11.6 Å². The van der Waals surface area contributed by atoms with Crippen LogP contribution in [0.15, 0.2) is 24.3 Å². The average molecular weight is 291 g/mol. The number of benzene rings is 1. The zero-order valence-corrected chi connectivity index (χ0v) is 13.7. The Balaban J connectivity index is 2.75. The molecule has 0 saturated heterocycles. The van der Waals surface area contributed by atoms with Crippen molar-refractivity contribution in [1.29, 1.82) is 0 Å². The Morgan fingerprint density at radius 2 is 1.86 bits per heavy atom. The van der Waals surface area contributed by atoms with E-state index in [1.54, 1.807) is 0 Å². The summed E-state index contributed by atoms with van der Waals surface area (Å²) < 4.78 is 0. The average Bonchev–Trinajstić information content (AvgIpc) is 2.48. The Morgan fingerprint density at radius 1 is 1.24 bits per heavy atom. The molecule has 21 heavy (non-hydrogen) atoms. The number of nitrogens with zero attached hydrogens (tertiary/aromatic N) is 1. The summed E-state index contributed by atoms with van der Waals surface area (Å²) in [6, 6.07) is 8.14. The van der Waals surface area contributed by atoms with Gasteiger partial charge in [0.1, 0.15) is 6.04 Å². The SMILES string of the molecule is CCCC(C)NC(=O)C(C)N(CC)c1ccc(CN)cc1. The number of rotatable bonds is 8. The van der Waals surface area contributed by atoms with Crippen molar-refractivity contribution < 1.29 is 4.79 Å². The van der Waals surface area contributed by atoms with Gasteiger partial charge < -0.3 is 16.0 Å². The molecule has 0 aliphatic carbocycles. The molecule has 0 fully saturated rings. The number of likely N-dealkylation sites (N-methyl/N-ethyl adjacent to an activating group) is 1. The molecular weight excluding hydrogens is 262 g/mol. The van der Waals surface area contributed by atoms with Crippen LogP contribution in [0, 0.1) is 0 Å². The number of anilines is 1. The molecule has 0 aromatic heterocycles. The van der Waals surface area contributed by atoms with Gasteiger partial charge in [0.05, 0.1) is 0 Å². The lowest BCUT2D eigenvalue weighted by Gasteiger charge is -2.30. The molecule has 0 bridgehead atoms. The van der Waals surface area contributed by atoms with E-state index in [2.05, 4.69) is 31.0 Å². The molecule has 0 spiro atoms. The summed E-state index contributed by atoms with van der Waals surface area (Å²) >= 11 is 0. The van der Waals surface area contributed by atoms with E-state index in [1.165, 1.54) is 0 Å². The molecule has 2 unspecified atom stereocenters. The van der Waals surface area contributed by atoms with Crippen LogP contribution in [-0.4, -0.2) is 24.5 Å². The van der Waals surface area contributed by atoms with Gasteiger partial charge in [0.2, 0.25) is 5.91 Å². The summed E-state index contributed by atoms with van der Waals surface area (Å²) in [4.78, 5) is 14.5. The second-order valence-corrected chi connectivity index (χ2v) is 5.53. The first-order valence-corrected chi connectivity index (χ1v) is 7.89. The van der Waals surface area contributed by atoms with Gasteiger partial charge in [0, 0.05) is 24.8 Å². The van der Waals surface area contributed by atoms with Gasteiger partial charge in [-0.3, -0.25) is 4.79 Å². The van der Waals surface area contributed by atoms with Crippen LogP contribution in [0.4, 0.5) is 5.69 Å². The topological polar surface area (TPSA) is 58.4 Å². The molecule has 0 saturated carbocycles. The minimum absolute atomic E-state index is 0.0840. The molecule has 0 aliphatic heterocycles. The van der Waals surface area contributed by atoms with Crippen molar-refractivity contribution in [3.05, 3.63) is 29.8 Å². The lowest BCUT2D eigenvalue weighted by molar-refractivity contribution is -0.122. The first-order valence-electron chi connectivity index (χ1n) is 7.89. The summed E-state index contributed by atoms with van der Waals surface area (Å²) in [7, 11) is 0. The van der Waals surface area contributed by atoms with E-state index in [4.69, 9.17) is 5.73 Å². The second kappa shape index (κ2) is 8.67. The highest BCUT2D eigenvalue weighted by Gasteiger charge is 2.21. The summed E-state index contributed by atoms with van der Waals surface area (Å²) in [6.45, 7) is 9.53. The second-order valence-electron chi connectivity index (χ2n) is 5.53. The standard InChI is InChI=1S/C17H29N3O/c1-5-7-13(3)19-17(21)14(4)20(6-2)16-10-8-15(12-18)9-11-16/h8-11,13-14H,5-7,12,18H2,1-4H3,(H,19,21). The van der Waals surface area contributed by atoms with Crippen molar-refractivity contribution in [3.63, 3.8) is 0 Å². The first kappa shape index (κ1) is 17.5. The molecule has 1 rings (SSSR count). The van der Waals surface area contributed by atoms with Crippen molar-refractivity contribution in [2.45, 2.75) is 59.2 Å². The van der Waals surface area contributed by atoms with Crippen molar-refractivity contribution in [3.8, 4) is 0 Å². The Bertz CT molecular complexity index is 430. The molecule has 4 nitrogen and oxygen atoms in total.